The van der Waals surface area contributed by atoms with Gasteiger partial charge in [-0.15, -0.1) is 0 Å². The summed E-state index contributed by atoms with van der Waals surface area (Å²) in [7, 11) is 5.51. The Balaban J connectivity index is 4.38. The fourth-order valence-corrected chi connectivity index (χ4v) is 6.43. The van der Waals surface area contributed by atoms with E-state index in [4.69, 9.17) is 14.2 Å². The normalized spacial score (nSPS) is 13.8. The lowest BCUT2D eigenvalue weighted by Gasteiger charge is -2.31. The van der Waals surface area contributed by atoms with Crippen molar-refractivity contribution >= 4 is 17.9 Å². The van der Waals surface area contributed by atoms with Gasteiger partial charge in [0.2, 0.25) is 0 Å². The van der Waals surface area contributed by atoms with Crippen LogP contribution in [0.5, 0.6) is 0 Å². The number of quaternary nitrogens is 1. The van der Waals surface area contributed by atoms with Gasteiger partial charge in [0.05, 0.1) is 34.4 Å². The van der Waals surface area contributed by atoms with Gasteiger partial charge in [0.15, 0.2) is 12.1 Å². The SMILES string of the molecule is CC/C=C/C/C=C/C/C=C/CCCCCCCCCCCC(=O)OC(COCCC(C(=O)O)[N+](C)(C)C)COC(=O)CCCCCCC/C=C/C=C/C=C/C=C/C=C/CCC. The topological polar surface area (TPSA) is 99.1 Å². The van der Waals surface area contributed by atoms with Gasteiger partial charge < -0.3 is 23.8 Å². The van der Waals surface area contributed by atoms with Crippen molar-refractivity contribution in [3.05, 3.63) is 97.2 Å². The van der Waals surface area contributed by atoms with Crippen molar-refractivity contribution in [1.82, 2.24) is 0 Å². The maximum atomic E-state index is 12.8. The van der Waals surface area contributed by atoms with Crippen LogP contribution in [-0.4, -0.2) is 80.6 Å². The molecule has 0 amide bonds. The Hall–Kier alpha value is -3.75. The number of nitrogens with zero attached hydrogens (tertiary/aromatic N) is 1. The van der Waals surface area contributed by atoms with Crippen LogP contribution >= 0.6 is 0 Å². The highest BCUT2D eigenvalue weighted by molar-refractivity contribution is 5.72. The Morgan fingerprint density at radius 3 is 1.51 bits per heavy atom. The Labute approximate surface area is 373 Å². The van der Waals surface area contributed by atoms with E-state index >= 15 is 0 Å². The molecule has 1 N–H and O–H groups in total. The first-order chi connectivity index (χ1) is 29.6. The highest BCUT2D eigenvalue weighted by atomic mass is 16.6. The molecule has 0 aliphatic rings. The van der Waals surface area contributed by atoms with E-state index in [0.29, 0.717) is 19.3 Å². The number of hydrogen-bond acceptors (Lipinski definition) is 6. The minimum Gasteiger partial charge on any atom is -0.477 e. The third-order valence-electron chi connectivity index (χ3n) is 10.1. The van der Waals surface area contributed by atoms with Gasteiger partial charge in [-0.2, -0.15) is 0 Å². The summed E-state index contributed by atoms with van der Waals surface area (Å²) in [6, 6.07) is -0.626. The van der Waals surface area contributed by atoms with Gasteiger partial charge >= 0.3 is 17.9 Å². The number of esters is 2. The number of rotatable bonds is 41. The van der Waals surface area contributed by atoms with Crippen molar-refractivity contribution in [2.45, 2.75) is 180 Å². The average molecular weight is 851 g/mol. The van der Waals surface area contributed by atoms with Gasteiger partial charge in [0, 0.05) is 19.3 Å². The number of hydrogen-bond donors (Lipinski definition) is 1. The standard InChI is InChI=1S/C53H87NO7/c1-6-8-10-12-14-16-18-20-22-24-26-28-30-32-34-36-38-40-42-44-52(56)61-49(47-59-46-45-50(53(57)58)54(3,4)5)48-60-51(55)43-41-39-37-35-33-31-29-27-25-23-21-19-17-15-13-11-9-7-2/h8,10-11,13-17,19-23,25,27,29,49-50H,6-7,9,12,18,24,26,28,30-48H2,1-5H3/p+1/b10-8+,13-11+,16-14+,17-15+,21-19+,22-20+,25-23+,29-27+. The van der Waals surface area contributed by atoms with Gasteiger partial charge in [0.25, 0.3) is 0 Å². The van der Waals surface area contributed by atoms with Crippen LogP contribution in [0.3, 0.4) is 0 Å². The first-order valence-corrected chi connectivity index (χ1v) is 23.8. The molecule has 0 radical (unpaired) electrons. The van der Waals surface area contributed by atoms with E-state index in [-0.39, 0.29) is 36.2 Å². The highest BCUT2D eigenvalue weighted by Gasteiger charge is 2.31. The molecule has 61 heavy (non-hydrogen) atoms. The summed E-state index contributed by atoms with van der Waals surface area (Å²) in [5.74, 6) is -1.52. The molecule has 0 aromatic heterocycles. The van der Waals surface area contributed by atoms with Gasteiger partial charge in [-0.05, 0) is 64.2 Å². The van der Waals surface area contributed by atoms with Crippen LogP contribution in [0.25, 0.3) is 0 Å². The fraction of sp³-hybridized carbons (Fsp3) is 0.642. The molecule has 0 saturated heterocycles. The predicted octanol–water partition coefficient (Wildman–Crippen LogP) is 13.5. The molecule has 0 heterocycles. The first-order valence-electron chi connectivity index (χ1n) is 23.8. The predicted molar refractivity (Wildman–Crippen MR) is 256 cm³/mol. The lowest BCUT2D eigenvalue weighted by atomic mass is 10.1. The van der Waals surface area contributed by atoms with Crippen molar-refractivity contribution in [2.75, 3.05) is 41.0 Å². The Bertz CT molecular complexity index is 1310. The third kappa shape index (κ3) is 41.4. The summed E-state index contributed by atoms with van der Waals surface area (Å²) < 4.78 is 17.3. The number of unbranched alkanes of at least 4 members (excludes halogenated alkanes) is 15. The molecule has 8 heteroatoms. The van der Waals surface area contributed by atoms with Crippen LogP contribution in [-0.2, 0) is 28.6 Å². The molecule has 0 aliphatic carbocycles. The molecule has 0 rings (SSSR count). The van der Waals surface area contributed by atoms with E-state index < -0.39 is 18.1 Å². The number of ether oxygens (including phenoxy) is 3. The van der Waals surface area contributed by atoms with Gasteiger partial charge in [0.1, 0.15) is 6.61 Å². The molecule has 8 nitrogen and oxygen atoms in total. The lowest BCUT2D eigenvalue weighted by molar-refractivity contribution is -0.887. The molecular formula is C53H88NO7+. The van der Waals surface area contributed by atoms with Crippen LogP contribution in [0.1, 0.15) is 168 Å². The van der Waals surface area contributed by atoms with Crippen molar-refractivity contribution < 1.29 is 38.2 Å². The Kier molecular flexibility index (Phi) is 40.3. The van der Waals surface area contributed by atoms with Crippen molar-refractivity contribution in [1.29, 1.82) is 0 Å². The Morgan fingerprint density at radius 1 is 0.525 bits per heavy atom. The quantitative estimate of drug-likeness (QED) is 0.0215. The maximum absolute atomic E-state index is 12.8. The second-order valence-corrected chi connectivity index (χ2v) is 16.7. The van der Waals surface area contributed by atoms with E-state index in [1.165, 1.54) is 44.9 Å². The second kappa shape index (κ2) is 42.9. The zero-order valence-corrected chi connectivity index (χ0v) is 39.3. The molecule has 346 valence electrons. The van der Waals surface area contributed by atoms with Crippen LogP contribution in [0.15, 0.2) is 97.2 Å². The number of likely N-dealkylation sites (N-methyl/N-ethyl adjacent to an activating group) is 1. The third-order valence-corrected chi connectivity index (χ3v) is 10.1. The van der Waals surface area contributed by atoms with E-state index in [1.807, 2.05) is 57.6 Å². The van der Waals surface area contributed by atoms with Crippen LogP contribution in [0.2, 0.25) is 0 Å². The number of carboxylic acids is 1. The molecule has 2 unspecified atom stereocenters. The first kappa shape index (κ1) is 57.2. The van der Waals surface area contributed by atoms with Crippen LogP contribution in [0.4, 0.5) is 0 Å². The smallest absolute Gasteiger partial charge is 0.362 e. The van der Waals surface area contributed by atoms with E-state index in [1.54, 1.807) is 0 Å². The molecule has 0 bridgehead atoms. The molecule has 2 atom stereocenters. The van der Waals surface area contributed by atoms with Gasteiger partial charge in [-0.3, -0.25) is 9.59 Å². The molecular weight excluding hydrogens is 763 g/mol. The maximum Gasteiger partial charge on any atom is 0.362 e. The number of carbonyl (C=O) groups is 3. The van der Waals surface area contributed by atoms with E-state index in [2.05, 4.69) is 74.6 Å². The minimum atomic E-state index is -0.884. The highest BCUT2D eigenvalue weighted by Crippen LogP contribution is 2.14. The van der Waals surface area contributed by atoms with Crippen molar-refractivity contribution in [3.63, 3.8) is 0 Å². The minimum absolute atomic E-state index is 0.0443. The second-order valence-electron chi connectivity index (χ2n) is 16.7. The summed E-state index contributed by atoms with van der Waals surface area (Å²) >= 11 is 0. The van der Waals surface area contributed by atoms with Crippen molar-refractivity contribution in [2.24, 2.45) is 0 Å². The zero-order valence-electron chi connectivity index (χ0n) is 39.3. The largest absolute Gasteiger partial charge is 0.477 e. The molecule has 0 fully saturated rings. The summed E-state index contributed by atoms with van der Waals surface area (Å²) in [6.45, 7) is 4.49. The van der Waals surface area contributed by atoms with Gasteiger partial charge in [-0.1, -0.05) is 182 Å². The summed E-state index contributed by atoms with van der Waals surface area (Å²) in [4.78, 5) is 37.1. The number of carboxylic acid groups (broad SMARTS) is 1. The molecule has 0 aliphatic heterocycles. The van der Waals surface area contributed by atoms with Crippen LogP contribution in [0, 0.1) is 0 Å². The van der Waals surface area contributed by atoms with Crippen LogP contribution < -0.4 is 0 Å². The fourth-order valence-electron chi connectivity index (χ4n) is 6.43. The van der Waals surface area contributed by atoms with Crippen molar-refractivity contribution in [3.8, 4) is 0 Å². The molecule has 0 spiro atoms. The molecule has 0 aromatic carbocycles. The summed E-state index contributed by atoms with van der Waals surface area (Å²) in [6.07, 6.45) is 57.3. The number of allylic oxidation sites excluding steroid dienone is 16. The summed E-state index contributed by atoms with van der Waals surface area (Å²) in [5.41, 5.74) is 0. The average Bonchev–Trinajstić information content (AvgIpc) is 3.22. The summed E-state index contributed by atoms with van der Waals surface area (Å²) in [5, 5.41) is 9.64. The van der Waals surface area contributed by atoms with E-state index in [0.717, 1.165) is 89.9 Å². The number of carbonyl (C=O) groups excluding carboxylic acids is 2. The molecule has 0 saturated carbocycles. The lowest BCUT2D eigenvalue weighted by Crippen LogP contribution is -2.50. The monoisotopic (exact) mass is 851 g/mol. The van der Waals surface area contributed by atoms with E-state index in [9.17, 15) is 19.5 Å². The van der Waals surface area contributed by atoms with Gasteiger partial charge in [-0.25, -0.2) is 4.79 Å². The Morgan fingerprint density at radius 2 is 0.984 bits per heavy atom. The zero-order chi connectivity index (χ0) is 44.9. The number of aliphatic carboxylic acids is 1. The molecule has 0 aromatic rings.